The van der Waals surface area contributed by atoms with E-state index in [1.807, 2.05) is 0 Å². The molecule has 0 radical (unpaired) electrons. The number of aromatic carboxylic acids is 1. The van der Waals surface area contributed by atoms with Crippen LogP contribution in [0.4, 0.5) is 31.6 Å². The lowest BCUT2D eigenvalue weighted by Gasteiger charge is -2.10. The van der Waals surface area contributed by atoms with Crippen LogP contribution in [0.15, 0.2) is 36.5 Å². The highest BCUT2D eigenvalue weighted by Crippen LogP contribution is 2.31. The predicted molar refractivity (Wildman–Crippen MR) is 111 cm³/mol. The summed E-state index contributed by atoms with van der Waals surface area (Å²) in [6, 6.07) is 7.12. The zero-order valence-electron chi connectivity index (χ0n) is 15.3. The molecular formula is C18H17FN6O4S. The smallest absolute Gasteiger partial charge is 0.357 e. The number of rotatable bonds is 8. The van der Waals surface area contributed by atoms with Crippen molar-refractivity contribution in [1.29, 1.82) is 0 Å². The molecule has 3 rings (SSSR count). The third-order valence-corrected chi connectivity index (χ3v) is 4.66. The Morgan fingerprint density at radius 3 is 2.70 bits per heavy atom. The Kier molecular flexibility index (Phi) is 6.39. The number of nitrogens with two attached hydrogens (primary N) is 1. The lowest BCUT2D eigenvalue weighted by Crippen LogP contribution is -2.14. The van der Waals surface area contributed by atoms with Gasteiger partial charge < -0.3 is 31.9 Å². The fraction of sp³-hybridized carbons (Fsp3) is 0.111. The van der Waals surface area contributed by atoms with Crippen molar-refractivity contribution in [2.75, 3.05) is 34.8 Å². The maximum atomic E-state index is 13.2. The van der Waals surface area contributed by atoms with E-state index in [9.17, 15) is 19.1 Å². The number of nitrogen functional groups attached to an aromatic ring is 1. The van der Waals surface area contributed by atoms with Gasteiger partial charge >= 0.3 is 5.97 Å². The van der Waals surface area contributed by atoms with Gasteiger partial charge in [0.2, 0.25) is 5.95 Å². The molecular weight excluding hydrogens is 415 g/mol. The molecule has 0 aliphatic rings. The fourth-order valence-electron chi connectivity index (χ4n) is 2.44. The molecule has 3 aromatic rings. The molecule has 1 aromatic carbocycles. The molecule has 2 aromatic heterocycles. The maximum absolute atomic E-state index is 13.2. The number of carbonyl (C=O) groups excluding carboxylic acids is 1. The van der Waals surface area contributed by atoms with Crippen LogP contribution in [0.5, 0.6) is 0 Å². The number of amides is 1. The van der Waals surface area contributed by atoms with Crippen molar-refractivity contribution in [3.8, 4) is 0 Å². The van der Waals surface area contributed by atoms with Crippen molar-refractivity contribution in [2.24, 2.45) is 0 Å². The van der Waals surface area contributed by atoms with E-state index in [4.69, 9.17) is 10.8 Å². The number of aliphatic hydroxyl groups is 1. The Bertz CT molecular complexity index is 1090. The maximum Gasteiger partial charge on any atom is 0.357 e. The first-order valence-electron chi connectivity index (χ1n) is 8.55. The summed E-state index contributed by atoms with van der Waals surface area (Å²) >= 11 is 0.881. The number of thiazole rings is 1. The largest absolute Gasteiger partial charge is 0.476 e. The molecule has 7 N–H and O–H groups in total. The van der Waals surface area contributed by atoms with Gasteiger partial charge in [-0.2, -0.15) is 4.39 Å². The molecule has 0 spiro atoms. The summed E-state index contributed by atoms with van der Waals surface area (Å²) in [5.41, 5.74) is 6.92. The number of carboxylic acids is 1. The number of nitrogens with one attached hydrogen (secondary N) is 3. The average molecular weight is 432 g/mol. The molecule has 0 saturated heterocycles. The van der Waals surface area contributed by atoms with Crippen molar-refractivity contribution in [2.45, 2.75) is 0 Å². The number of aliphatic hydroxyl groups excluding tert-OH is 1. The molecule has 0 aliphatic carbocycles. The average Bonchev–Trinajstić information content (AvgIpc) is 3.09. The summed E-state index contributed by atoms with van der Waals surface area (Å²) < 4.78 is 13.2. The van der Waals surface area contributed by atoms with Gasteiger partial charge in [0, 0.05) is 30.1 Å². The van der Waals surface area contributed by atoms with Gasteiger partial charge in [-0.05, 0) is 24.3 Å². The summed E-state index contributed by atoms with van der Waals surface area (Å²) in [7, 11) is 0. The summed E-state index contributed by atoms with van der Waals surface area (Å²) in [6.45, 7) is 0.225. The Hall–Kier alpha value is -3.77. The van der Waals surface area contributed by atoms with Gasteiger partial charge in [0.1, 0.15) is 5.00 Å². The molecule has 2 heterocycles. The number of hydrogen-bond donors (Lipinski definition) is 6. The third-order valence-electron chi connectivity index (χ3n) is 3.78. The Labute approximate surface area is 173 Å². The number of benzene rings is 1. The van der Waals surface area contributed by atoms with Gasteiger partial charge in [-0.25, -0.2) is 14.8 Å². The van der Waals surface area contributed by atoms with Gasteiger partial charge in [-0.15, -0.1) is 0 Å². The highest BCUT2D eigenvalue weighted by Gasteiger charge is 2.20. The molecule has 0 unspecified atom stereocenters. The van der Waals surface area contributed by atoms with Crippen LogP contribution in [0.3, 0.4) is 0 Å². The van der Waals surface area contributed by atoms with E-state index in [0.717, 1.165) is 17.4 Å². The Balaban J connectivity index is 1.79. The summed E-state index contributed by atoms with van der Waals surface area (Å²) in [6.07, 6.45) is 1.25. The molecule has 30 heavy (non-hydrogen) atoms. The van der Waals surface area contributed by atoms with Crippen molar-refractivity contribution in [1.82, 2.24) is 9.97 Å². The van der Waals surface area contributed by atoms with E-state index in [1.54, 1.807) is 6.07 Å². The second kappa shape index (κ2) is 9.15. The zero-order chi connectivity index (χ0) is 21.7. The molecule has 0 aliphatic heterocycles. The van der Waals surface area contributed by atoms with Crippen LogP contribution < -0.4 is 21.7 Å². The first-order valence-corrected chi connectivity index (χ1v) is 9.37. The third kappa shape index (κ3) is 4.98. The topological polar surface area (TPSA) is 162 Å². The SMILES string of the molecule is Nc1cc(C(=O)Nc2sc(Nc3ccnc(F)c3)nc2C(=O)O)ccc1NCCO. The van der Waals surface area contributed by atoms with Crippen molar-refractivity contribution < 1.29 is 24.2 Å². The number of pyridine rings is 1. The van der Waals surface area contributed by atoms with Crippen LogP contribution >= 0.6 is 11.3 Å². The molecule has 1 amide bonds. The van der Waals surface area contributed by atoms with Crippen LogP contribution in [0.2, 0.25) is 0 Å². The summed E-state index contributed by atoms with van der Waals surface area (Å²) in [5, 5.41) is 26.6. The number of halogens is 1. The zero-order valence-corrected chi connectivity index (χ0v) is 16.2. The summed E-state index contributed by atoms with van der Waals surface area (Å²) in [5.74, 6) is -2.63. The predicted octanol–water partition coefficient (Wildman–Crippen LogP) is 2.36. The van der Waals surface area contributed by atoms with Gasteiger partial charge in [-0.1, -0.05) is 11.3 Å². The number of hydrogen-bond acceptors (Lipinski definition) is 9. The van der Waals surface area contributed by atoms with E-state index < -0.39 is 17.8 Å². The molecule has 0 fully saturated rings. The number of aromatic nitrogens is 2. The van der Waals surface area contributed by atoms with E-state index in [0.29, 0.717) is 23.6 Å². The van der Waals surface area contributed by atoms with E-state index in [-0.39, 0.29) is 28.0 Å². The molecule has 0 atom stereocenters. The van der Waals surface area contributed by atoms with Crippen molar-refractivity contribution in [3.63, 3.8) is 0 Å². The van der Waals surface area contributed by atoms with Gasteiger partial charge in [0.05, 0.1) is 18.0 Å². The highest BCUT2D eigenvalue weighted by atomic mass is 32.1. The first kappa shape index (κ1) is 21.0. The quantitative estimate of drug-likeness (QED) is 0.232. The first-order chi connectivity index (χ1) is 14.4. The molecule has 0 bridgehead atoms. The molecule has 0 saturated carbocycles. The minimum atomic E-state index is -1.33. The van der Waals surface area contributed by atoms with E-state index >= 15 is 0 Å². The lowest BCUT2D eigenvalue weighted by molar-refractivity contribution is 0.0692. The number of carboxylic acid groups (broad SMARTS) is 1. The standard InChI is InChI=1S/C18H17FN6O4S/c19-13-8-10(3-4-22-13)23-18-24-14(17(28)29)16(30-18)25-15(27)9-1-2-12(11(20)7-9)21-5-6-26/h1-4,7-8,21,26H,5-6,20H2,(H,25,27)(H,28,29)(H,22,23,24). The second-order valence-electron chi connectivity index (χ2n) is 5.90. The van der Waals surface area contributed by atoms with Crippen molar-refractivity contribution in [3.05, 3.63) is 53.7 Å². The van der Waals surface area contributed by atoms with Gasteiger partial charge in [-0.3, -0.25) is 4.79 Å². The van der Waals surface area contributed by atoms with Gasteiger partial charge in [0.25, 0.3) is 5.91 Å². The summed E-state index contributed by atoms with van der Waals surface area (Å²) in [4.78, 5) is 31.4. The monoisotopic (exact) mass is 432 g/mol. The Morgan fingerprint density at radius 2 is 2.03 bits per heavy atom. The molecule has 156 valence electrons. The van der Waals surface area contributed by atoms with Crippen LogP contribution in [0.25, 0.3) is 0 Å². The second-order valence-corrected chi connectivity index (χ2v) is 6.90. The number of anilines is 5. The number of nitrogens with zero attached hydrogens (tertiary/aromatic N) is 2. The van der Waals surface area contributed by atoms with Crippen LogP contribution in [0.1, 0.15) is 20.8 Å². The van der Waals surface area contributed by atoms with E-state index in [1.165, 1.54) is 24.4 Å². The molecule has 12 heteroatoms. The minimum absolute atomic E-state index is 0.00517. The fourth-order valence-corrected chi connectivity index (χ4v) is 3.31. The lowest BCUT2D eigenvalue weighted by atomic mass is 10.1. The van der Waals surface area contributed by atoms with Crippen LogP contribution in [-0.2, 0) is 0 Å². The van der Waals surface area contributed by atoms with E-state index in [2.05, 4.69) is 25.9 Å². The Morgan fingerprint density at radius 1 is 1.23 bits per heavy atom. The molecule has 10 nitrogen and oxygen atoms in total. The van der Waals surface area contributed by atoms with Crippen LogP contribution in [-0.4, -0.2) is 45.2 Å². The number of carbonyl (C=O) groups is 2. The minimum Gasteiger partial charge on any atom is -0.476 e. The normalized spacial score (nSPS) is 10.5. The highest BCUT2D eigenvalue weighted by molar-refractivity contribution is 7.20. The van der Waals surface area contributed by atoms with Gasteiger partial charge in [0.15, 0.2) is 10.8 Å². The van der Waals surface area contributed by atoms with Crippen LogP contribution in [0, 0.1) is 5.95 Å². The van der Waals surface area contributed by atoms with Crippen molar-refractivity contribution >= 4 is 50.4 Å².